The minimum Gasteiger partial charge on any atom is -0.385 e. The molecular weight excluding hydrogens is 254 g/mol. The van der Waals surface area contributed by atoms with Gasteiger partial charge in [-0.3, -0.25) is 0 Å². The summed E-state index contributed by atoms with van der Waals surface area (Å²) in [6, 6.07) is 3.50. The molecule has 2 unspecified atom stereocenters. The van der Waals surface area contributed by atoms with Crippen LogP contribution in [0.4, 0.5) is 8.78 Å². The third-order valence-corrected chi connectivity index (χ3v) is 5.57. The molecule has 18 heavy (non-hydrogen) atoms. The van der Waals surface area contributed by atoms with Crippen LogP contribution in [0.15, 0.2) is 18.2 Å². The first kappa shape index (κ1) is 12.4. The molecule has 2 fully saturated rings. The lowest BCUT2D eigenvalue weighted by molar-refractivity contribution is 0.00485. The van der Waals surface area contributed by atoms with Gasteiger partial charge < -0.3 is 5.11 Å². The molecule has 0 spiro atoms. The largest absolute Gasteiger partial charge is 0.385 e. The second-order valence-corrected chi connectivity index (χ2v) is 6.98. The van der Waals surface area contributed by atoms with Crippen molar-refractivity contribution < 1.29 is 13.9 Å². The van der Waals surface area contributed by atoms with Crippen molar-refractivity contribution in [3.63, 3.8) is 0 Å². The molecule has 2 heterocycles. The van der Waals surface area contributed by atoms with Gasteiger partial charge in [-0.25, -0.2) is 8.78 Å². The van der Waals surface area contributed by atoms with Crippen LogP contribution in [-0.2, 0) is 5.60 Å². The van der Waals surface area contributed by atoms with Crippen LogP contribution in [0.25, 0.3) is 0 Å². The number of hydrogen-bond donors (Lipinski definition) is 1. The molecule has 98 valence electrons. The van der Waals surface area contributed by atoms with Crippen LogP contribution >= 0.6 is 11.8 Å². The van der Waals surface area contributed by atoms with Gasteiger partial charge in [0.05, 0.1) is 5.60 Å². The molecule has 1 aromatic carbocycles. The first-order chi connectivity index (χ1) is 8.57. The molecule has 0 aliphatic carbocycles. The van der Waals surface area contributed by atoms with Gasteiger partial charge in [-0.2, -0.15) is 11.8 Å². The van der Waals surface area contributed by atoms with Gasteiger partial charge in [-0.15, -0.1) is 0 Å². The number of hydrogen-bond acceptors (Lipinski definition) is 2. The Bertz CT molecular complexity index is 451. The molecule has 1 N–H and O–H groups in total. The van der Waals surface area contributed by atoms with E-state index >= 15 is 0 Å². The molecule has 2 saturated heterocycles. The number of thioether (sulfide) groups is 1. The highest BCUT2D eigenvalue weighted by Gasteiger charge is 2.43. The number of benzene rings is 1. The monoisotopic (exact) mass is 270 g/mol. The molecule has 2 aliphatic heterocycles. The highest BCUT2D eigenvalue weighted by molar-refractivity contribution is 8.00. The predicted octanol–water partition coefficient (Wildman–Crippen LogP) is 3.60. The van der Waals surface area contributed by atoms with Gasteiger partial charge in [0, 0.05) is 22.1 Å². The molecule has 0 amide bonds. The quantitative estimate of drug-likeness (QED) is 0.841. The Hall–Kier alpha value is -0.610. The fourth-order valence-electron chi connectivity index (χ4n) is 3.21. The van der Waals surface area contributed by atoms with E-state index in [0.29, 0.717) is 23.3 Å². The summed E-state index contributed by atoms with van der Waals surface area (Å²) in [5, 5.41) is 11.6. The SMILES string of the molecule is OC1(c2ccc(F)cc2F)CC2CCCC(C1)S2. The Kier molecular flexibility index (Phi) is 3.10. The topological polar surface area (TPSA) is 20.2 Å². The minimum atomic E-state index is -1.11. The summed E-state index contributed by atoms with van der Waals surface area (Å²) in [6.07, 6.45) is 4.54. The molecule has 2 atom stereocenters. The van der Waals surface area contributed by atoms with Crippen LogP contribution < -0.4 is 0 Å². The van der Waals surface area contributed by atoms with Crippen LogP contribution in [0.2, 0.25) is 0 Å². The van der Waals surface area contributed by atoms with Crippen molar-refractivity contribution in [3.05, 3.63) is 35.4 Å². The van der Waals surface area contributed by atoms with Gasteiger partial charge in [-0.1, -0.05) is 12.5 Å². The Morgan fingerprint density at radius 1 is 1.17 bits per heavy atom. The van der Waals surface area contributed by atoms with E-state index in [1.165, 1.54) is 18.6 Å². The molecule has 0 saturated carbocycles. The van der Waals surface area contributed by atoms with Crippen molar-refractivity contribution in [1.82, 2.24) is 0 Å². The number of aliphatic hydroxyl groups is 1. The zero-order valence-electron chi connectivity index (χ0n) is 10.0. The fourth-order valence-corrected chi connectivity index (χ4v) is 5.10. The van der Waals surface area contributed by atoms with Crippen molar-refractivity contribution in [2.24, 2.45) is 0 Å². The number of fused-ring (bicyclic) bond motifs is 2. The van der Waals surface area contributed by atoms with E-state index in [9.17, 15) is 13.9 Å². The average molecular weight is 270 g/mol. The van der Waals surface area contributed by atoms with Crippen molar-refractivity contribution in [2.75, 3.05) is 0 Å². The second kappa shape index (κ2) is 4.49. The van der Waals surface area contributed by atoms with E-state index in [4.69, 9.17) is 0 Å². The molecule has 2 aliphatic rings. The number of halogens is 2. The molecule has 1 aromatic rings. The lowest BCUT2D eigenvalue weighted by Gasteiger charge is -2.44. The molecule has 4 heteroatoms. The predicted molar refractivity (Wildman–Crippen MR) is 68.5 cm³/mol. The van der Waals surface area contributed by atoms with Gasteiger partial charge in [0.25, 0.3) is 0 Å². The average Bonchev–Trinajstić information content (AvgIpc) is 2.27. The van der Waals surface area contributed by atoms with Crippen LogP contribution in [0.5, 0.6) is 0 Å². The maximum Gasteiger partial charge on any atom is 0.132 e. The van der Waals surface area contributed by atoms with Crippen LogP contribution in [0, 0.1) is 11.6 Å². The molecular formula is C14H16F2OS. The minimum absolute atomic E-state index is 0.265. The Balaban J connectivity index is 1.94. The van der Waals surface area contributed by atoms with Crippen molar-refractivity contribution in [2.45, 2.75) is 48.2 Å². The second-order valence-electron chi connectivity index (χ2n) is 5.38. The fraction of sp³-hybridized carbons (Fsp3) is 0.571. The normalized spacial score (nSPS) is 35.5. The van der Waals surface area contributed by atoms with E-state index < -0.39 is 17.2 Å². The van der Waals surface area contributed by atoms with E-state index in [1.807, 2.05) is 11.8 Å². The third-order valence-electron chi connectivity index (χ3n) is 4.00. The van der Waals surface area contributed by atoms with Crippen molar-refractivity contribution >= 4 is 11.8 Å². The summed E-state index contributed by atoms with van der Waals surface area (Å²) in [5.74, 6) is -1.22. The molecule has 3 rings (SSSR count). The molecule has 2 bridgehead atoms. The zero-order valence-corrected chi connectivity index (χ0v) is 10.9. The van der Waals surface area contributed by atoms with E-state index in [1.54, 1.807) is 0 Å². The highest BCUT2D eigenvalue weighted by atomic mass is 32.2. The third kappa shape index (κ3) is 2.16. The summed E-state index contributed by atoms with van der Waals surface area (Å²) >= 11 is 1.92. The van der Waals surface area contributed by atoms with Gasteiger partial charge in [0.2, 0.25) is 0 Å². The van der Waals surface area contributed by atoms with Crippen molar-refractivity contribution in [3.8, 4) is 0 Å². The summed E-state index contributed by atoms with van der Waals surface area (Å²) < 4.78 is 26.8. The van der Waals surface area contributed by atoms with E-state index in [2.05, 4.69) is 0 Å². The van der Waals surface area contributed by atoms with Gasteiger partial charge in [0.15, 0.2) is 0 Å². The lowest BCUT2D eigenvalue weighted by Crippen LogP contribution is -2.41. The van der Waals surface area contributed by atoms with Gasteiger partial charge >= 0.3 is 0 Å². The van der Waals surface area contributed by atoms with Gasteiger partial charge in [-0.05, 0) is 31.7 Å². The first-order valence-electron chi connectivity index (χ1n) is 6.40. The number of rotatable bonds is 1. The maximum absolute atomic E-state index is 13.8. The Morgan fingerprint density at radius 2 is 1.83 bits per heavy atom. The zero-order chi connectivity index (χ0) is 12.8. The molecule has 1 nitrogen and oxygen atoms in total. The lowest BCUT2D eigenvalue weighted by atomic mass is 9.80. The van der Waals surface area contributed by atoms with Crippen LogP contribution in [0.3, 0.4) is 0 Å². The Labute approximate surface area is 110 Å². The van der Waals surface area contributed by atoms with E-state index in [-0.39, 0.29) is 5.56 Å². The first-order valence-corrected chi connectivity index (χ1v) is 7.34. The van der Waals surface area contributed by atoms with Crippen LogP contribution in [0.1, 0.15) is 37.7 Å². The smallest absolute Gasteiger partial charge is 0.132 e. The molecule has 0 radical (unpaired) electrons. The Morgan fingerprint density at radius 3 is 2.44 bits per heavy atom. The molecule has 0 aromatic heterocycles. The van der Waals surface area contributed by atoms with E-state index in [0.717, 1.165) is 18.9 Å². The summed E-state index contributed by atoms with van der Waals surface area (Å²) in [6.45, 7) is 0. The maximum atomic E-state index is 13.8. The highest BCUT2D eigenvalue weighted by Crippen LogP contribution is 2.49. The van der Waals surface area contributed by atoms with Gasteiger partial charge in [0.1, 0.15) is 11.6 Å². The summed E-state index contributed by atoms with van der Waals surface area (Å²) in [5.41, 5.74) is -0.847. The van der Waals surface area contributed by atoms with Crippen molar-refractivity contribution in [1.29, 1.82) is 0 Å². The van der Waals surface area contributed by atoms with Crippen LogP contribution in [-0.4, -0.2) is 15.6 Å². The summed E-state index contributed by atoms with van der Waals surface area (Å²) in [7, 11) is 0. The standard InChI is InChI=1S/C14H16F2OS/c15-9-4-5-12(13(16)6-9)14(17)7-10-2-1-3-11(8-14)18-10/h4-6,10-11,17H,1-3,7-8H2. The summed E-state index contributed by atoms with van der Waals surface area (Å²) in [4.78, 5) is 0.